The second-order valence-electron chi connectivity index (χ2n) is 4.56. The average molecular weight is 226 g/mol. The molecule has 0 amide bonds. The van der Waals surface area contributed by atoms with Crippen LogP contribution in [0.25, 0.3) is 0 Å². The second kappa shape index (κ2) is 4.11. The summed E-state index contributed by atoms with van der Waals surface area (Å²) in [6.45, 7) is 2.63. The standard InChI is InChI=1S/C12H16F2N2/c1-12(15,11-3-2-6-16-11)9-7-8(13)4-5-10(9)14/h4-5,7,11,16H,2-3,6,15H2,1H3. The molecule has 0 saturated carbocycles. The molecule has 4 heteroatoms. The van der Waals surface area contributed by atoms with Gasteiger partial charge in [-0.1, -0.05) is 0 Å². The van der Waals surface area contributed by atoms with Gasteiger partial charge >= 0.3 is 0 Å². The van der Waals surface area contributed by atoms with E-state index in [9.17, 15) is 8.78 Å². The molecule has 0 spiro atoms. The van der Waals surface area contributed by atoms with Gasteiger partial charge in [-0.05, 0) is 44.5 Å². The van der Waals surface area contributed by atoms with Crippen LogP contribution in [0.15, 0.2) is 18.2 Å². The predicted molar refractivity (Wildman–Crippen MR) is 58.9 cm³/mol. The van der Waals surface area contributed by atoms with Crippen LogP contribution in [0.4, 0.5) is 8.78 Å². The molecule has 0 aromatic heterocycles. The highest BCUT2D eigenvalue weighted by Gasteiger charge is 2.35. The summed E-state index contributed by atoms with van der Waals surface area (Å²) in [6, 6.07) is 3.43. The molecule has 1 fully saturated rings. The van der Waals surface area contributed by atoms with E-state index >= 15 is 0 Å². The third-order valence-electron chi connectivity index (χ3n) is 3.29. The van der Waals surface area contributed by atoms with E-state index in [2.05, 4.69) is 5.32 Å². The first-order chi connectivity index (χ1) is 7.51. The van der Waals surface area contributed by atoms with Crippen LogP contribution < -0.4 is 11.1 Å². The Morgan fingerprint density at radius 1 is 1.44 bits per heavy atom. The van der Waals surface area contributed by atoms with Gasteiger partial charge in [0.2, 0.25) is 0 Å². The zero-order valence-corrected chi connectivity index (χ0v) is 9.26. The fraction of sp³-hybridized carbons (Fsp3) is 0.500. The molecule has 2 unspecified atom stereocenters. The van der Waals surface area contributed by atoms with E-state index in [0.717, 1.165) is 31.5 Å². The SMILES string of the molecule is CC(N)(c1cc(F)ccc1F)C1CCCN1. The minimum atomic E-state index is -0.872. The van der Waals surface area contributed by atoms with E-state index < -0.39 is 17.2 Å². The first-order valence-electron chi connectivity index (χ1n) is 5.49. The summed E-state index contributed by atoms with van der Waals surface area (Å²) in [4.78, 5) is 0. The van der Waals surface area contributed by atoms with Gasteiger partial charge in [-0.15, -0.1) is 0 Å². The third-order valence-corrected chi connectivity index (χ3v) is 3.29. The monoisotopic (exact) mass is 226 g/mol. The molecule has 1 aromatic rings. The van der Waals surface area contributed by atoms with Crippen molar-refractivity contribution in [3.8, 4) is 0 Å². The molecule has 3 N–H and O–H groups in total. The van der Waals surface area contributed by atoms with Gasteiger partial charge in [0, 0.05) is 11.6 Å². The van der Waals surface area contributed by atoms with E-state index in [0.29, 0.717) is 0 Å². The van der Waals surface area contributed by atoms with E-state index in [1.807, 2.05) is 0 Å². The lowest BCUT2D eigenvalue weighted by molar-refractivity contribution is 0.342. The summed E-state index contributed by atoms with van der Waals surface area (Å²) in [5.74, 6) is -0.897. The van der Waals surface area contributed by atoms with E-state index in [1.54, 1.807) is 6.92 Å². The Bertz CT molecular complexity index is 385. The van der Waals surface area contributed by atoms with E-state index in [-0.39, 0.29) is 11.6 Å². The largest absolute Gasteiger partial charge is 0.320 e. The van der Waals surface area contributed by atoms with Crippen molar-refractivity contribution in [1.29, 1.82) is 0 Å². The van der Waals surface area contributed by atoms with Gasteiger partial charge in [0.05, 0.1) is 5.54 Å². The Kier molecular flexibility index (Phi) is 2.95. The highest BCUT2D eigenvalue weighted by atomic mass is 19.1. The number of halogens is 2. The van der Waals surface area contributed by atoms with Gasteiger partial charge in [-0.25, -0.2) is 8.78 Å². The zero-order chi connectivity index (χ0) is 11.8. The van der Waals surface area contributed by atoms with Crippen LogP contribution in [-0.4, -0.2) is 12.6 Å². The molecule has 0 bridgehead atoms. The molecular formula is C12H16F2N2. The highest BCUT2D eigenvalue weighted by molar-refractivity contribution is 5.28. The molecule has 0 radical (unpaired) electrons. The molecule has 2 nitrogen and oxygen atoms in total. The predicted octanol–water partition coefficient (Wildman–Crippen LogP) is 1.89. The number of hydrogen-bond donors (Lipinski definition) is 2. The molecule has 2 rings (SSSR count). The molecule has 1 saturated heterocycles. The lowest BCUT2D eigenvalue weighted by Crippen LogP contribution is -2.50. The Hall–Kier alpha value is -1.00. The molecule has 88 valence electrons. The normalized spacial score (nSPS) is 24.4. The zero-order valence-electron chi connectivity index (χ0n) is 9.26. The van der Waals surface area contributed by atoms with Gasteiger partial charge in [-0.2, -0.15) is 0 Å². The summed E-state index contributed by atoms with van der Waals surface area (Å²) >= 11 is 0. The van der Waals surface area contributed by atoms with Crippen LogP contribution in [0.2, 0.25) is 0 Å². The van der Waals surface area contributed by atoms with Crippen molar-refractivity contribution in [3.63, 3.8) is 0 Å². The summed E-state index contributed by atoms with van der Waals surface area (Å²) in [6.07, 6.45) is 1.91. The lowest BCUT2D eigenvalue weighted by atomic mass is 9.84. The first-order valence-corrected chi connectivity index (χ1v) is 5.49. The van der Waals surface area contributed by atoms with Crippen LogP contribution in [0, 0.1) is 11.6 Å². The van der Waals surface area contributed by atoms with Gasteiger partial charge in [-0.3, -0.25) is 0 Å². The third kappa shape index (κ3) is 1.95. The van der Waals surface area contributed by atoms with Gasteiger partial charge in [0.1, 0.15) is 11.6 Å². The van der Waals surface area contributed by atoms with Crippen LogP contribution in [0.5, 0.6) is 0 Å². The lowest BCUT2D eigenvalue weighted by Gasteiger charge is -2.32. The maximum absolute atomic E-state index is 13.6. The number of benzene rings is 1. The van der Waals surface area contributed by atoms with Gasteiger partial charge in [0.25, 0.3) is 0 Å². The number of hydrogen-bond acceptors (Lipinski definition) is 2. The molecule has 1 aliphatic heterocycles. The fourth-order valence-corrected chi connectivity index (χ4v) is 2.29. The second-order valence-corrected chi connectivity index (χ2v) is 4.56. The Morgan fingerprint density at radius 3 is 2.81 bits per heavy atom. The smallest absolute Gasteiger partial charge is 0.128 e. The van der Waals surface area contributed by atoms with Crippen LogP contribution >= 0.6 is 0 Å². The number of nitrogens with one attached hydrogen (secondary N) is 1. The van der Waals surface area contributed by atoms with Crippen molar-refractivity contribution in [1.82, 2.24) is 5.32 Å². The average Bonchev–Trinajstić information content (AvgIpc) is 2.75. The van der Waals surface area contributed by atoms with Crippen molar-refractivity contribution < 1.29 is 8.78 Å². The van der Waals surface area contributed by atoms with E-state index in [1.165, 1.54) is 6.07 Å². The minimum Gasteiger partial charge on any atom is -0.320 e. The quantitative estimate of drug-likeness (QED) is 0.808. The topological polar surface area (TPSA) is 38.0 Å². The molecule has 1 aliphatic rings. The number of nitrogens with two attached hydrogens (primary N) is 1. The highest BCUT2D eigenvalue weighted by Crippen LogP contribution is 2.29. The Labute approximate surface area is 93.8 Å². The van der Waals surface area contributed by atoms with Crippen LogP contribution in [0.1, 0.15) is 25.3 Å². The van der Waals surface area contributed by atoms with Gasteiger partial charge in [0.15, 0.2) is 0 Å². The number of rotatable bonds is 2. The van der Waals surface area contributed by atoms with Crippen LogP contribution in [0.3, 0.4) is 0 Å². The van der Waals surface area contributed by atoms with E-state index in [4.69, 9.17) is 5.73 Å². The van der Waals surface area contributed by atoms with Crippen molar-refractivity contribution in [2.45, 2.75) is 31.3 Å². The van der Waals surface area contributed by atoms with Crippen molar-refractivity contribution in [3.05, 3.63) is 35.4 Å². The summed E-state index contributed by atoms with van der Waals surface area (Å²) in [5, 5.41) is 3.23. The van der Waals surface area contributed by atoms with Crippen molar-refractivity contribution >= 4 is 0 Å². The maximum Gasteiger partial charge on any atom is 0.128 e. The fourth-order valence-electron chi connectivity index (χ4n) is 2.29. The van der Waals surface area contributed by atoms with Crippen LogP contribution in [-0.2, 0) is 5.54 Å². The molecule has 16 heavy (non-hydrogen) atoms. The van der Waals surface area contributed by atoms with Gasteiger partial charge < -0.3 is 11.1 Å². The Balaban J connectivity index is 2.37. The molecule has 1 heterocycles. The van der Waals surface area contributed by atoms with Crippen molar-refractivity contribution in [2.24, 2.45) is 5.73 Å². The molecular weight excluding hydrogens is 210 g/mol. The first kappa shape index (κ1) is 11.5. The molecule has 1 aromatic carbocycles. The Morgan fingerprint density at radius 2 is 2.19 bits per heavy atom. The summed E-state index contributed by atoms with van der Waals surface area (Å²) in [7, 11) is 0. The summed E-state index contributed by atoms with van der Waals surface area (Å²) < 4.78 is 26.8. The van der Waals surface area contributed by atoms with Crippen molar-refractivity contribution in [2.75, 3.05) is 6.54 Å². The maximum atomic E-state index is 13.6. The summed E-state index contributed by atoms with van der Waals surface area (Å²) in [5.41, 5.74) is 5.51. The molecule has 0 aliphatic carbocycles. The minimum absolute atomic E-state index is 0.00352. The molecule has 2 atom stereocenters.